The number of carboxylic acids is 1. The van der Waals surface area contributed by atoms with Crippen molar-refractivity contribution >= 4 is 28.6 Å². The molecule has 3 aromatic rings. The number of hydrogen-bond acceptors (Lipinski definition) is 5. The van der Waals surface area contributed by atoms with Crippen LogP contribution in [-0.4, -0.2) is 27.0 Å². The topological polar surface area (TPSA) is 118 Å². The monoisotopic (exact) mass is 322 g/mol. The maximum absolute atomic E-state index is 11.6. The van der Waals surface area contributed by atoms with Gasteiger partial charge in [-0.2, -0.15) is 0 Å². The molecule has 1 amide bonds. The molecule has 7 heteroatoms. The zero-order valence-corrected chi connectivity index (χ0v) is 12.5. The van der Waals surface area contributed by atoms with Gasteiger partial charge in [0.2, 0.25) is 0 Å². The molecule has 0 saturated heterocycles. The lowest BCUT2D eigenvalue weighted by molar-refractivity contribution is -0.138. The summed E-state index contributed by atoms with van der Waals surface area (Å²) in [5.41, 5.74) is 6.57. The molecule has 7 nitrogen and oxygen atoms in total. The van der Waals surface area contributed by atoms with Gasteiger partial charge in [-0.25, -0.2) is 14.8 Å². The van der Waals surface area contributed by atoms with Gasteiger partial charge in [-0.1, -0.05) is 36.4 Å². The molecule has 1 heterocycles. The predicted octanol–water partition coefficient (Wildman–Crippen LogP) is 1.97. The number of nitrogens with zero attached hydrogens (tertiary/aromatic N) is 2. The normalized spacial score (nSPS) is 11.8. The van der Waals surface area contributed by atoms with E-state index in [1.165, 1.54) is 6.33 Å². The molecule has 0 aliphatic heterocycles. The van der Waals surface area contributed by atoms with Gasteiger partial charge in [0.05, 0.1) is 11.1 Å². The lowest BCUT2D eigenvalue weighted by Crippen LogP contribution is -2.21. The minimum absolute atomic E-state index is 0.254. The lowest BCUT2D eigenvalue weighted by Gasteiger charge is -2.16. The van der Waals surface area contributed by atoms with Crippen molar-refractivity contribution < 1.29 is 14.7 Å². The number of primary amides is 1. The van der Waals surface area contributed by atoms with E-state index in [1.807, 2.05) is 6.07 Å². The molecule has 0 fully saturated rings. The van der Waals surface area contributed by atoms with Crippen LogP contribution in [-0.2, 0) is 4.79 Å². The van der Waals surface area contributed by atoms with Crippen LogP contribution in [0.5, 0.6) is 0 Å². The van der Waals surface area contributed by atoms with Crippen molar-refractivity contribution in [2.45, 2.75) is 6.04 Å². The highest BCUT2D eigenvalue weighted by molar-refractivity contribution is 6.07. The third-order valence-electron chi connectivity index (χ3n) is 3.59. The Balaban J connectivity index is 2.08. The van der Waals surface area contributed by atoms with Gasteiger partial charge in [-0.3, -0.25) is 4.79 Å². The van der Waals surface area contributed by atoms with Crippen LogP contribution in [0.2, 0.25) is 0 Å². The van der Waals surface area contributed by atoms with E-state index >= 15 is 0 Å². The van der Waals surface area contributed by atoms with Gasteiger partial charge in [0.15, 0.2) is 6.04 Å². The van der Waals surface area contributed by atoms with Gasteiger partial charge >= 0.3 is 5.97 Å². The maximum Gasteiger partial charge on any atom is 0.330 e. The SMILES string of the molecule is NC(=O)c1cccc2c(N[C@@H](C(=O)O)c3ccccc3)ncnc12. The molecule has 3 rings (SSSR count). The van der Waals surface area contributed by atoms with E-state index < -0.39 is 17.9 Å². The minimum Gasteiger partial charge on any atom is -0.479 e. The number of fused-ring (bicyclic) bond motifs is 1. The summed E-state index contributed by atoms with van der Waals surface area (Å²) in [6.07, 6.45) is 1.26. The number of aliphatic carboxylic acids is 1. The Hall–Kier alpha value is -3.48. The fourth-order valence-corrected chi connectivity index (χ4v) is 2.47. The smallest absolute Gasteiger partial charge is 0.330 e. The molecule has 4 N–H and O–H groups in total. The number of carbonyl (C=O) groups excluding carboxylic acids is 1. The van der Waals surface area contributed by atoms with Crippen LogP contribution in [0.25, 0.3) is 10.9 Å². The highest BCUT2D eigenvalue weighted by Gasteiger charge is 2.21. The molecule has 0 radical (unpaired) electrons. The van der Waals surface area contributed by atoms with Gasteiger partial charge in [0.25, 0.3) is 5.91 Å². The third-order valence-corrected chi connectivity index (χ3v) is 3.59. The van der Waals surface area contributed by atoms with E-state index in [0.717, 1.165) is 0 Å². The minimum atomic E-state index is -1.04. The number of nitrogens with two attached hydrogens (primary N) is 1. The first-order valence-corrected chi connectivity index (χ1v) is 7.15. The highest BCUT2D eigenvalue weighted by atomic mass is 16.4. The Morgan fingerprint density at radius 1 is 1.04 bits per heavy atom. The van der Waals surface area contributed by atoms with E-state index in [2.05, 4.69) is 15.3 Å². The summed E-state index contributed by atoms with van der Waals surface area (Å²) < 4.78 is 0. The number of carboxylic acid groups (broad SMARTS) is 1. The molecule has 1 atom stereocenters. The van der Waals surface area contributed by atoms with Crippen molar-refractivity contribution in [1.29, 1.82) is 0 Å². The van der Waals surface area contributed by atoms with Gasteiger partial charge < -0.3 is 16.2 Å². The average Bonchev–Trinajstić information content (AvgIpc) is 2.59. The zero-order valence-electron chi connectivity index (χ0n) is 12.5. The maximum atomic E-state index is 11.6. The Bertz CT molecular complexity index is 912. The summed E-state index contributed by atoms with van der Waals surface area (Å²) in [5.74, 6) is -1.33. The van der Waals surface area contributed by atoms with E-state index in [1.54, 1.807) is 42.5 Å². The van der Waals surface area contributed by atoms with Crippen LogP contribution in [0.3, 0.4) is 0 Å². The number of hydrogen-bond donors (Lipinski definition) is 3. The molecule has 1 aromatic heterocycles. The summed E-state index contributed by atoms with van der Waals surface area (Å²) in [6, 6.07) is 12.7. The molecule has 2 aromatic carbocycles. The molecule has 0 aliphatic rings. The summed E-state index contributed by atoms with van der Waals surface area (Å²) in [5, 5.41) is 12.9. The fourth-order valence-electron chi connectivity index (χ4n) is 2.47. The third kappa shape index (κ3) is 2.87. The number of aromatic nitrogens is 2. The Morgan fingerprint density at radius 3 is 2.46 bits per heavy atom. The number of benzene rings is 2. The second-order valence-electron chi connectivity index (χ2n) is 5.11. The largest absolute Gasteiger partial charge is 0.479 e. The van der Waals surface area contributed by atoms with Crippen LogP contribution in [0, 0.1) is 0 Å². The van der Waals surface area contributed by atoms with E-state index in [4.69, 9.17) is 5.73 Å². The standard InChI is InChI=1S/C17H14N4O3/c18-15(22)11-7-4-8-12-14(11)19-9-20-16(12)21-13(17(23)24)10-5-2-1-3-6-10/h1-9,13H,(H2,18,22)(H,23,24)(H,19,20,21)/t13-/m1/s1. The first-order chi connectivity index (χ1) is 11.6. The summed E-state index contributed by atoms with van der Waals surface area (Å²) in [4.78, 5) is 31.4. The molecule has 120 valence electrons. The molecule has 0 aliphatic carbocycles. The Labute approximate surface area is 137 Å². The lowest BCUT2D eigenvalue weighted by atomic mass is 10.1. The van der Waals surface area contributed by atoms with Crippen molar-refractivity contribution in [3.63, 3.8) is 0 Å². The molecule has 0 spiro atoms. The van der Waals surface area contributed by atoms with Crippen LogP contribution in [0.1, 0.15) is 22.0 Å². The molecular weight excluding hydrogens is 308 g/mol. The first-order valence-electron chi connectivity index (χ1n) is 7.15. The number of carbonyl (C=O) groups is 2. The number of anilines is 1. The van der Waals surface area contributed by atoms with Gasteiger partial charge in [0.1, 0.15) is 12.1 Å². The quantitative estimate of drug-likeness (QED) is 0.661. The first kappa shape index (κ1) is 15.4. The molecule has 0 unspecified atom stereocenters. The van der Waals surface area contributed by atoms with E-state index in [9.17, 15) is 14.7 Å². The fraction of sp³-hybridized carbons (Fsp3) is 0.0588. The number of nitrogens with one attached hydrogen (secondary N) is 1. The van der Waals surface area contributed by atoms with Gasteiger partial charge in [-0.05, 0) is 17.7 Å². The van der Waals surface area contributed by atoms with Crippen LogP contribution in [0.4, 0.5) is 5.82 Å². The van der Waals surface area contributed by atoms with E-state index in [0.29, 0.717) is 22.3 Å². The molecule has 0 bridgehead atoms. The van der Waals surface area contributed by atoms with Crippen molar-refractivity contribution in [2.24, 2.45) is 5.73 Å². The van der Waals surface area contributed by atoms with Gasteiger partial charge in [-0.15, -0.1) is 0 Å². The van der Waals surface area contributed by atoms with Crippen molar-refractivity contribution in [3.8, 4) is 0 Å². The summed E-state index contributed by atoms with van der Waals surface area (Å²) >= 11 is 0. The molecule has 0 saturated carbocycles. The Kier molecular flexibility index (Phi) is 4.07. The summed E-state index contributed by atoms with van der Waals surface area (Å²) in [6.45, 7) is 0. The van der Waals surface area contributed by atoms with Crippen molar-refractivity contribution in [2.75, 3.05) is 5.32 Å². The van der Waals surface area contributed by atoms with Crippen LogP contribution < -0.4 is 11.1 Å². The molecule has 24 heavy (non-hydrogen) atoms. The Morgan fingerprint density at radius 2 is 1.79 bits per heavy atom. The number of amides is 1. The van der Waals surface area contributed by atoms with Crippen LogP contribution >= 0.6 is 0 Å². The van der Waals surface area contributed by atoms with Gasteiger partial charge in [0, 0.05) is 5.39 Å². The summed E-state index contributed by atoms with van der Waals surface area (Å²) in [7, 11) is 0. The van der Waals surface area contributed by atoms with E-state index in [-0.39, 0.29) is 5.56 Å². The zero-order chi connectivity index (χ0) is 17.1. The average molecular weight is 322 g/mol. The highest BCUT2D eigenvalue weighted by Crippen LogP contribution is 2.26. The second-order valence-corrected chi connectivity index (χ2v) is 5.11. The predicted molar refractivity (Wildman–Crippen MR) is 88.5 cm³/mol. The number of para-hydroxylation sites is 1. The van der Waals surface area contributed by atoms with Crippen LogP contribution in [0.15, 0.2) is 54.9 Å². The molecular formula is C17H14N4O3. The van der Waals surface area contributed by atoms with Crippen molar-refractivity contribution in [3.05, 3.63) is 66.0 Å². The number of rotatable bonds is 5. The second kappa shape index (κ2) is 6.33. The van der Waals surface area contributed by atoms with Crippen molar-refractivity contribution in [1.82, 2.24) is 9.97 Å².